The fraction of sp³-hybridized carbons (Fsp3) is 0.235. The Bertz CT molecular complexity index is 743. The van der Waals surface area contributed by atoms with E-state index in [0.717, 1.165) is 11.3 Å². The van der Waals surface area contributed by atoms with Crippen molar-refractivity contribution in [1.82, 2.24) is 9.38 Å². The fourth-order valence-corrected chi connectivity index (χ4v) is 2.79. The predicted octanol–water partition coefficient (Wildman–Crippen LogP) is 4.23. The summed E-state index contributed by atoms with van der Waals surface area (Å²) in [5.41, 5.74) is 8.44. The van der Waals surface area contributed by atoms with E-state index in [1.807, 2.05) is 0 Å². The smallest absolute Gasteiger partial charge is 0.137 e. The first kappa shape index (κ1) is 12.0. The van der Waals surface area contributed by atoms with Crippen LogP contribution in [0.5, 0.6) is 0 Å². The van der Waals surface area contributed by atoms with Gasteiger partial charge in [0.15, 0.2) is 0 Å². The molecule has 0 aliphatic heterocycles. The van der Waals surface area contributed by atoms with E-state index in [2.05, 4.69) is 68.8 Å². The Kier molecular flexibility index (Phi) is 2.67. The quantitative estimate of drug-likeness (QED) is 0.631. The molecule has 2 nitrogen and oxygen atoms in total. The Morgan fingerprint density at radius 3 is 2.26 bits per heavy atom. The summed E-state index contributed by atoms with van der Waals surface area (Å²) in [7, 11) is 0. The van der Waals surface area contributed by atoms with Gasteiger partial charge in [-0.3, -0.25) is 0 Å². The molecule has 0 spiro atoms. The molecule has 0 atom stereocenters. The first-order valence-corrected chi connectivity index (χ1v) is 6.58. The van der Waals surface area contributed by atoms with Crippen molar-refractivity contribution in [3.63, 3.8) is 0 Å². The van der Waals surface area contributed by atoms with Crippen molar-refractivity contribution in [2.75, 3.05) is 0 Å². The van der Waals surface area contributed by atoms with Gasteiger partial charge in [0, 0.05) is 18.0 Å². The lowest BCUT2D eigenvalue weighted by Crippen LogP contribution is -1.89. The van der Waals surface area contributed by atoms with Gasteiger partial charge in [0.25, 0.3) is 0 Å². The van der Waals surface area contributed by atoms with E-state index in [4.69, 9.17) is 4.98 Å². The normalized spacial score (nSPS) is 11.2. The molecule has 0 bridgehead atoms. The first-order valence-electron chi connectivity index (χ1n) is 6.58. The van der Waals surface area contributed by atoms with Gasteiger partial charge in [-0.25, -0.2) is 4.98 Å². The van der Waals surface area contributed by atoms with Crippen LogP contribution in [0, 0.1) is 27.7 Å². The average molecular weight is 250 g/mol. The zero-order valence-corrected chi connectivity index (χ0v) is 11.9. The van der Waals surface area contributed by atoms with Crippen LogP contribution in [-0.2, 0) is 0 Å². The number of aryl methyl sites for hydroxylation is 4. The van der Waals surface area contributed by atoms with E-state index in [1.165, 1.54) is 27.8 Å². The topological polar surface area (TPSA) is 17.3 Å². The molecule has 2 heteroatoms. The van der Waals surface area contributed by atoms with E-state index < -0.39 is 0 Å². The summed E-state index contributed by atoms with van der Waals surface area (Å²) in [5, 5.41) is 0. The second-order valence-corrected chi connectivity index (χ2v) is 5.37. The van der Waals surface area contributed by atoms with Crippen molar-refractivity contribution < 1.29 is 0 Å². The second kappa shape index (κ2) is 4.23. The highest BCUT2D eigenvalue weighted by Gasteiger charge is 2.10. The molecule has 0 aliphatic rings. The Hall–Kier alpha value is -2.09. The highest BCUT2D eigenvalue weighted by Crippen LogP contribution is 2.28. The van der Waals surface area contributed by atoms with E-state index in [9.17, 15) is 0 Å². The molecule has 0 fully saturated rings. The van der Waals surface area contributed by atoms with Crippen molar-refractivity contribution >= 4 is 5.65 Å². The monoisotopic (exact) mass is 250 g/mol. The number of imidazole rings is 1. The molecule has 0 unspecified atom stereocenters. The minimum absolute atomic E-state index is 1.01. The highest BCUT2D eigenvalue weighted by molar-refractivity contribution is 5.70. The van der Waals surface area contributed by atoms with E-state index in [0.29, 0.717) is 0 Å². The summed E-state index contributed by atoms with van der Waals surface area (Å²) in [4.78, 5) is 4.76. The molecule has 0 saturated carbocycles. The lowest BCUT2D eigenvalue weighted by atomic mass is 9.98. The fourth-order valence-electron chi connectivity index (χ4n) is 2.79. The molecule has 96 valence electrons. The minimum Gasteiger partial charge on any atom is -0.306 e. The number of benzene rings is 1. The van der Waals surface area contributed by atoms with Crippen molar-refractivity contribution in [3.8, 4) is 11.3 Å². The zero-order chi connectivity index (χ0) is 13.6. The largest absolute Gasteiger partial charge is 0.306 e. The Balaban J connectivity index is 2.24. The van der Waals surface area contributed by atoms with Gasteiger partial charge < -0.3 is 4.40 Å². The number of aromatic nitrogens is 2. The molecule has 0 amide bonds. The molecule has 0 radical (unpaired) electrons. The lowest BCUT2D eigenvalue weighted by molar-refractivity contribution is 1.17. The van der Waals surface area contributed by atoms with Gasteiger partial charge in [0.1, 0.15) is 5.65 Å². The van der Waals surface area contributed by atoms with Crippen LogP contribution >= 0.6 is 0 Å². The number of hydrogen-bond donors (Lipinski definition) is 0. The Morgan fingerprint density at radius 2 is 1.58 bits per heavy atom. The molecule has 19 heavy (non-hydrogen) atoms. The minimum atomic E-state index is 1.01. The number of nitrogens with zero attached hydrogens (tertiary/aromatic N) is 2. The van der Waals surface area contributed by atoms with Crippen LogP contribution in [0.25, 0.3) is 16.9 Å². The summed E-state index contributed by atoms with van der Waals surface area (Å²) in [6, 6.07) is 8.66. The summed E-state index contributed by atoms with van der Waals surface area (Å²) in [6.45, 7) is 8.54. The first-order chi connectivity index (χ1) is 9.04. The average Bonchev–Trinajstić information content (AvgIpc) is 2.69. The molecule has 3 rings (SSSR count). The van der Waals surface area contributed by atoms with Crippen LogP contribution in [0.2, 0.25) is 0 Å². The molecule has 3 aromatic rings. The van der Waals surface area contributed by atoms with Crippen LogP contribution in [0.4, 0.5) is 0 Å². The lowest BCUT2D eigenvalue weighted by Gasteiger charge is -2.08. The predicted molar refractivity (Wildman–Crippen MR) is 79.6 cm³/mol. The molecular formula is C17H18N2. The van der Waals surface area contributed by atoms with Crippen molar-refractivity contribution in [1.29, 1.82) is 0 Å². The Labute approximate surface area is 113 Å². The molecule has 2 aromatic heterocycles. The maximum atomic E-state index is 4.76. The van der Waals surface area contributed by atoms with Gasteiger partial charge in [-0.2, -0.15) is 0 Å². The third-order valence-corrected chi connectivity index (χ3v) is 3.55. The number of hydrogen-bond acceptors (Lipinski definition) is 1. The van der Waals surface area contributed by atoms with Crippen LogP contribution in [0.15, 0.2) is 36.7 Å². The third-order valence-electron chi connectivity index (χ3n) is 3.55. The van der Waals surface area contributed by atoms with Crippen LogP contribution in [0.1, 0.15) is 22.3 Å². The Morgan fingerprint density at radius 1 is 0.895 bits per heavy atom. The molecule has 0 aliphatic carbocycles. The van der Waals surface area contributed by atoms with Gasteiger partial charge >= 0.3 is 0 Å². The SMILES string of the molecule is Cc1cc(C)c(-c2cn3ccc(C)cc3n2)c(C)c1. The maximum absolute atomic E-state index is 4.76. The van der Waals surface area contributed by atoms with Crippen molar-refractivity contribution in [2.45, 2.75) is 27.7 Å². The molecular weight excluding hydrogens is 232 g/mol. The summed E-state index contributed by atoms with van der Waals surface area (Å²) in [6.07, 6.45) is 4.18. The van der Waals surface area contributed by atoms with Gasteiger partial charge in [0.05, 0.1) is 5.69 Å². The van der Waals surface area contributed by atoms with Crippen LogP contribution in [-0.4, -0.2) is 9.38 Å². The van der Waals surface area contributed by atoms with E-state index in [1.54, 1.807) is 0 Å². The van der Waals surface area contributed by atoms with Crippen molar-refractivity contribution in [3.05, 3.63) is 58.9 Å². The van der Waals surface area contributed by atoms with Crippen LogP contribution in [0.3, 0.4) is 0 Å². The summed E-state index contributed by atoms with van der Waals surface area (Å²) < 4.78 is 2.08. The standard InChI is InChI=1S/C17H18N2/c1-11-5-6-19-10-15(18-16(19)9-11)17-13(3)7-12(2)8-14(17)4/h5-10H,1-4H3. The molecule has 0 N–H and O–H groups in total. The molecule has 2 heterocycles. The molecule has 1 aromatic carbocycles. The summed E-state index contributed by atoms with van der Waals surface area (Å²) >= 11 is 0. The van der Waals surface area contributed by atoms with Gasteiger partial charge in [-0.15, -0.1) is 0 Å². The third kappa shape index (κ3) is 2.03. The highest BCUT2D eigenvalue weighted by atomic mass is 15.0. The number of pyridine rings is 1. The number of rotatable bonds is 1. The summed E-state index contributed by atoms with van der Waals surface area (Å²) in [5.74, 6) is 0. The maximum Gasteiger partial charge on any atom is 0.137 e. The van der Waals surface area contributed by atoms with Crippen LogP contribution < -0.4 is 0 Å². The van der Waals surface area contributed by atoms with E-state index >= 15 is 0 Å². The van der Waals surface area contributed by atoms with Gasteiger partial charge in [-0.1, -0.05) is 17.7 Å². The van der Waals surface area contributed by atoms with E-state index in [-0.39, 0.29) is 0 Å². The second-order valence-electron chi connectivity index (χ2n) is 5.37. The van der Waals surface area contributed by atoms with Crippen molar-refractivity contribution in [2.24, 2.45) is 0 Å². The van der Waals surface area contributed by atoms with Gasteiger partial charge in [0.2, 0.25) is 0 Å². The number of fused-ring (bicyclic) bond motifs is 1. The zero-order valence-electron chi connectivity index (χ0n) is 11.9. The van der Waals surface area contributed by atoms with Gasteiger partial charge in [-0.05, 0) is 56.5 Å². The molecule has 0 saturated heterocycles.